The third kappa shape index (κ3) is 4.13. The van der Waals surface area contributed by atoms with E-state index in [2.05, 4.69) is 24.5 Å². The summed E-state index contributed by atoms with van der Waals surface area (Å²) in [6.45, 7) is 7.15. The average molecular weight is 289 g/mol. The number of anilines is 2. The number of benzene rings is 1. The van der Waals surface area contributed by atoms with E-state index in [0.29, 0.717) is 23.8 Å². The Labute approximate surface area is 127 Å². The van der Waals surface area contributed by atoms with Gasteiger partial charge in [0.1, 0.15) is 0 Å². The van der Waals surface area contributed by atoms with Gasteiger partial charge in [0.15, 0.2) is 0 Å². The number of carbonyl (C=O) groups is 1. The standard InChI is InChI=1S/C17H27N3O/c1-4-19-17(21)15-6-5-13(18)10-16(15)20-14-8-11(2)7-12(3)9-14/h5-6,10-12,14,20H,4,7-9,18H2,1-3H3,(H,19,21). The molecule has 1 aromatic rings. The largest absolute Gasteiger partial charge is 0.399 e. The summed E-state index contributed by atoms with van der Waals surface area (Å²) >= 11 is 0. The Balaban J connectivity index is 2.18. The van der Waals surface area contributed by atoms with Crippen molar-refractivity contribution in [3.63, 3.8) is 0 Å². The van der Waals surface area contributed by atoms with Crippen molar-refractivity contribution in [1.82, 2.24) is 5.32 Å². The van der Waals surface area contributed by atoms with Crippen LogP contribution in [0.1, 0.15) is 50.4 Å². The van der Waals surface area contributed by atoms with E-state index in [-0.39, 0.29) is 5.91 Å². The van der Waals surface area contributed by atoms with Crippen LogP contribution in [-0.2, 0) is 0 Å². The van der Waals surface area contributed by atoms with Crippen LogP contribution in [0, 0.1) is 11.8 Å². The Morgan fingerprint density at radius 3 is 2.52 bits per heavy atom. The topological polar surface area (TPSA) is 67.2 Å². The van der Waals surface area contributed by atoms with Crippen LogP contribution in [-0.4, -0.2) is 18.5 Å². The first-order chi connectivity index (χ1) is 9.99. The molecule has 0 saturated heterocycles. The maximum absolute atomic E-state index is 12.2. The van der Waals surface area contributed by atoms with Gasteiger partial charge in [-0.3, -0.25) is 4.79 Å². The molecule has 0 radical (unpaired) electrons. The summed E-state index contributed by atoms with van der Waals surface area (Å²) in [6, 6.07) is 5.87. The fourth-order valence-electron chi connectivity index (χ4n) is 3.42. The number of rotatable bonds is 4. The van der Waals surface area contributed by atoms with E-state index in [9.17, 15) is 4.79 Å². The predicted octanol–water partition coefficient (Wildman–Crippen LogP) is 3.26. The molecule has 0 aliphatic heterocycles. The summed E-state index contributed by atoms with van der Waals surface area (Å²) < 4.78 is 0. The van der Waals surface area contributed by atoms with E-state index in [1.807, 2.05) is 13.0 Å². The molecule has 4 heteroatoms. The molecule has 2 unspecified atom stereocenters. The lowest BCUT2D eigenvalue weighted by Gasteiger charge is -2.33. The summed E-state index contributed by atoms with van der Waals surface area (Å²) in [5, 5.41) is 6.41. The van der Waals surface area contributed by atoms with Crippen LogP contribution in [0.25, 0.3) is 0 Å². The van der Waals surface area contributed by atoms with Gasteiger partial charge in [-0.15, -0.1) is 0 Å². The molecule has 2 rings (SSSR count). The molecule has 4 N–H and O–H groups in total. The minimum atomic E-state index is -0.0445. The van der Waals surface area contributed by atoms with Crippen molar-refractivity contribution >= 4 is 17.3 Å². The van der Waals surface area contributed by atoms with Gasteiger partial charge in [-0.1, -0.05) is 13.8 Å². The van der Waals surface area contributed by atoms with Gasteiger partial charge < -0.3 is 16.4 Å². The van der Waals surface area contributed by atoms with Crippen LogP contribution in [0.4, 0.5) is 11.4 Å². The average Bonchev–Trinajstić information content (AvgIpc) is 2.37. The molecule has 0 bridgehead atoms. The van der Waals surface area contributed by atoms with Gasteiger partial charge >= 0.3 is 0 Å². The zero-order chi connectivity index (χ0) is 15.4. The highest BCUT2D eigenvalue weighted by molar-refractivity contribution is 6.00. The Bertz CT molecular complexity index is 491. The third-order valence-electron chi connectivity index (χ3n) is 4.16. The molecule has 1 saturated carbocycles. The number of nitrogen functional groups attached to an aromatic ring is 1. The van der Waals surface area contributed by atoms with Gasteiger partial charge in [-0.25, -0.2) is 0 Å². The van der Waals surface area contributed by atoms with E-state index < -0.39 is 0 Å². The van der Waals surface area contributed by atoms with Gasteiger partial charge in [-0.2, -0.15) is 0 Å². The van der Waals surface area contributed by atoms with Crippen molar-refractivity contribution in [3.8, 4) is 0 Å². The quantitative estimate of drug-likeness (QED) is 0.745. The second kappa shape index (κ2) is 6.83. The molecule has 0 heterocycles. The van der Waals surface area contributed by atoms with E-state index in [0.717, 1.165) is 30.4 Å². The van der Waals surface area contributed by atoms with Crippen LogP contribution < -0.4 is 16.4 Å². The fourth-order valence-corrected chi connectivity index (χ4v) is 3.42. The second-order valence-electron chi connectivity index (χ2n) is 6.42. The van der Waals surface area contributed by atoms with Gasteiger partial charge in [0.25, 0.3) is 5.91 Å². The fraction of sp³-hybridized carbons (Fsp3) is 0.588. The van der Waals surface area contributed by atoms with E-state index in [1.165, 1.54) is 6.42 Å². The van der Waals surface area contributed by atoms with Gasteiger partial charge in [0.2, 0.25) is 0 Å². The molecule has 1 aliphatic carbocycles. The first kappa shape index (κ1) is 15.7. The minimum absolute atomic E-state index is 0.0445. The highest BCUT2D eigenvalue weighted by Gasteiger charge is 2.24. The first-order valence-electron chi connectivity index (χ1n) is 7.93. The molecule has 1 aromatic carbocycles. The highest BCUT2D eigenvalue weighted by Crippen LogP contribution is 2.31. The van der Waals surface area contributed by atoms with Gasteiger partial charge in [0.05, 0.1) is 5.56 Å². The Morgan fingerprint density at radius 1 is 1.24 bits per heavy atom. The van der Waals surface area contributed by atoms with Gasteiger partial charge in [0, 0.05) is 24.0 Å². The van der Waals surface area contributed by atoms with E-state index in [4.69, 9.17) is 5.73 Å². The molecule has 0 spiro atoms. The van der Waals surface area contributed by atoms with Crippen molar-refractivity contribution < 1.29 is 4.79 Å². The number of nitrogens with two attached hydrogens (primary N) is 1. The number of hydrogen-bond acceptors (Lipinski definition) is 3. The van der Waals surface area contributed by atoms with Crippen molar-refractivity contribution in [2.75, 3.05) is 17.6 Å². The number of hydrogen-bond donors (Lipinski definition) is 3. The first-order valence-corrected chi connectivity index (χ1v) is 7.93. The normalized spacial score (nSPS) is 25.4. The predicted molar refractivity (Wildman–Crippen MR) is 88.5 cm³/mol. The van der Waals surface area contributed by atoms with Crippen molar-refractivity contribution in [3.05, 3.63) is 23.8 Å². The molecule has 1 amide bonds. The molecule has 2 atom stereocenters. The Hall–Kier alpha value is -1.71. The van der Waals surface area contributed by atoms with E-state index in [1.54, 1.807) is 12.1 Å². The van der Waals surface area contributed by atoms with Crippen LogP contribution in [0.15, 0.2) is 18.2 Å². The monoisotopic (exact) mass is 289 g/mol. The highest BCUT2D eigenvalue weighted by atomic mass is 16.1. The molecule has 1 fully saturated rings. The minimum Gasteiger partial charge on any atom is -0.399 e. The summed E-state index contributed by atoms with van der Waals surface area (Å²) in [7, 11) is 0. The number of nitrogens with one attached hydrogen (secondary N) is 2. The maximum atomic E-state index is 12.2. The van der Waals surface area contributed by atoms with Crippen molar-refractivity contribution in [2.24, 2.45) is 11.8 Å². The van der Waals surface area contributed by atoms with Crippen LogP contribution in [0.3, 0.4) is 0 Å². The summed E-state index contributed by atoms with van der Waals surface area (Å²) in [6.07, 6.45) is 3.58. The number of amides is 1. The van der Waals surface area contributed by atoms with Gasteiger partial charge in [-0.05, 0) is 56.2 Å². The Morgan fingerprint density at radius 2 is 1.90 bits per heavy atom. The molecule has 4 nitrogen and oxygen atoms in total. The van der Waals surface area contributed by atoms with Crippen LogP contribution in [0.5, 0.6) is 0 Å². The SMILES string of the molecule is CCNC(=O)c1ccc(N)cc1NC1CC(C)CC(C)C1. The molecule has 116 valence electrons. The summed E-state index contributed by atoms with van der Waals surface area (Å²) in [5.74, 6) is 1.40. The molecule has 21 heavy (non-hydrogen) atoms. The lowest BCUT2D eigenvalue weighted by atomic mass is 9.80. The van der Waals surface area contributed by atoms with E-state index >= 15 is 0 Å². The lowest BCUT2D eigenvalue weighted by molar-refractivity contribution is 0.0956. The molecule has 1 aliphatic rings. The molecular formula is C17H27N3O. The summed E-state index contributed by atoms with van der Waals surface area (Å²) in [4.78, 5) is 12.2. The third-order valence-corrected chi connectivity index (χ3v) is 4.16. The number of carbonyl (C=O) groups excluding carboxylic acids is 1. The smallest absolute Gasteiger partial charge is 0.253 e. The summed E-state index contributed by atoms with van der Waals surface area (Å²) in [5.41, 5.74) is 8.10. The Kier molecular flexibility index (Phi) is 5.10. The van der Waals surface area contributed by atoms with Crippen LogP contribution in [0.2, 0.25) is 0 Å². The zero-order valence-corrected chi connectivity index (χ0v) is 13.3. The molecule has 0 aromatic heterocycles. The lowest BCUT2D eigenvalue weighted by Crippen LogP contribution is -2.31. The maximum Gasteiger partial charge on any atom is 0.253 e. The molecular weight excluding hydrogens is 262 g/mol. The second-order valence-corrected chi connectivity index (χ2v) is 6.42. The van der Waals surface area contributed by atoms with Crippen molar-refractivity contribution in [1.29, 1.82) is 0 Å². The zero-order valence-electron chi connectivity index (χ0n) is 13.3. The van der Waals surface area contributed by atoms with Crippen LogP contribution >= 0.6 is 0 Å². The van der Waals surface area contributed by atoms with Crippen molar-refractivity contribution in [2.45, 2.75) is 46.1 Å².